The molecule has 0 N–H and O–H groups in total. The van der Waals surface area contributed by atoms with Crippen molar-refractivity contribution in [3.63, 3.8) is 0 Å². The third kappa shape index (κ3) is 64.5. The average molecular weight is 1100 g/mol. The molecule has 6 heteroatoms. The summed E-state index contributed by atoms with van der Waals surface area (Å²) in [5, 5.41) is 0. The van der Waals surface area contributed by atoms with Crippen LogP contribution in [-0.2, 0) is 28.6 Å². The van der Waals surface area contributed by atoms with Crippen molar-refractivity contribution >= 4 is 17.9 Å². The number of rotatable bonds is 59. The lowest BCUT2D eigenvalue weighted by Crippen LogP contribution is -2.30. The molecule has 0 amide bonds. The van der Waals surface area contributed by atoms with Crippen LogP contribution < -0.4 is 0 Å². The highest BCUT2D eigenvalue weighted by molar-refractivity contribution is 5.71. The van der Waals surface area contributed by atoms with Crippen LogP contribution in [-0.4, -0.2) is 37.2 Å². The maximum absolute atomic E-state index is 12.9. The third-order valence-electron chi connectivity index (χ3n) is 14.0. The Hall–Kier alpha value is -4.19. The number of carbonyl (C=O) groups excluding carboxylic acids is 3. The van der Waals surface area contributed by atoms with Gasteiger partial charge in [0.05, 0.1) is 0 Å². The summed E-state index contributed by atoms with van der Waals surface area (Å²) in [4.78, 5) is 38.4. The topological polar surface area (TPSA) is 78.9 Å². The Morgan fingerprint density at radius 2 is 0.494 bits per heavy atom. The van der Waals surface area contributed by atoms with Crippen LogP contribution in [0.3, 0.4) is 0 Å². The van der Waals surface area contributed by atoms with Gasteiger partial charge in [0.15, 0.2) is 6.10 Å². The number of hydrogen-bond acceptors (Lipinski definition) is 6. The molecule has 0 aromatic heterocycles. The molecule has 0 aromatic carbocycles. The van der Waals surface area contributed by atoms with Crippen LogP contribution in [0.4, 0.5) is 0 Å². The minimum Gasteiger partial charge on any atom is -0.462 e. The molecule has 1 atom stereocenters. The van der Waals surface area contributed by atoms with Gasteiger partial charge in [-0.1, -0.05) is 296 Å². The van der Waals surface area contributed by atoms with Crippen LogP contribution in [0.1, 0.15) is 303 Å². The van der Waals surface area contributed by atoms with E-state index in [4.69, 9.17) is 14.2 Å². The maximum atomic E-state index is 12.9. The van der Waals surface area contributed by atoms with Crippen LogP contribution >= 0.6 is 0 Å². The largest absolute Gasteiger partial charge is 0.462 e. The number of esters is 3. The van der Waals surface area contributed by atoms with E-state index in [1.54, 1.807) is 0 Å². The van der Waals surface area contributed by atoms with Gasteiger partial charge in [0.2, 0.25) is 0 Å². The highest BCUT2D eigenvalue weighted by Crippen LogP contribution is 2.17. The van der Waals surface area contributed by atoms with Gasteiger partial charge in [-0.2, -0.15) is 0 Å². The Morgan fingerprint density at radius 1 is 0.266 bits per heavy atom. The van der Waals surface area contributed by atoms with E-state index < -0.39 is 6.10 Å². The Kier molecular flexibility index (Phi) is 62.8. The number of allylic oxidation sites excluding steroid dienone is 20. The van der Waals surface area contributed by atoms with E-state index in [0.717, 1.165) is 128 Å². The van der Waals surface area contributed by atoms with E-state index in [2.05, 4.69) is 142 Å². The lowest BCUT2D eigenvalue weighted by molar-refractivity contribution is -0.167. The molecule has 79 heavy (non-hydrogen) atoms. The predicted molar refractivity (Wildman–Crippen MR) is 343 cm³/mol. The third-order valence-corrected chi connectivity index (χ3v) is 14.0. The second-order valence-electron chi connectivity index (χ2n) is 21.6. The normalized spacial score (nSPS) is 12.9. The molecule has 0 aliphatic heterocycles. The van der Waals surface area contributed by atoms with Crippen LogP contribution in [0.15, 0.2) is 122 Å². The van der Waals surface area contributed by atoms with E-state index in [1.165, 1.54) is 135 Å². The van der Waals surface area contributed by atoms with Crippen molar-refractivity contribution in [3.05, 3.63) is 122 Å². The summed E-state index contributed by atoms with van der Waals surface area (Å²) in [6.07, 6.45) is 92.1. The van der Waals surface area contributed by atoms with Crippen molar-refractivity contribution in [2.45, 2.75) is 309 Å². The van der Waals surface area contributed by atoms with Crippen molar-refractivity contribution in [1.82, 2.24) is 0 Å². The van der Waals surface area contributed by atoms with Gasteiger partial charge in [-0.25, -0.2) is 0 Å². The zero-order valence-corrected chi connectivity index (χ0v) is 51.6. The van der Waals surface area contributed by atoms with Crippen molar-refractivity contribution in [3.8, 4) is 0 Å². The Bertz CT molecular complexity index is 1640. The number of carbonyl (C=O) groups is 3. The monoisotopic (exact) mass is 1090 g/mol. The van der Waals surface area contributed by atoms with Crippen molar-refractivity contribution < 1.29 is 28.6 Å². The van der Waals surface area contributed by atoms with Crippen molar-refractivity contribution in [1.29, 1.82) is 0 Å². The summed E-state index contributed by atoms with van der Waals surface area (Å²) in [6.45, 7) is 6.40. The molecule has 0 saturated carbocycles. The van der Waals surface area contributed by atoms with Gasteiger partial charge in [0.1, 0.15) is 13.2 Å². The van der Waals surface area contributed by atoms with E-state index in [-0.39, 0.29) is 31.1 Å². The quantitative estimate of drug-likeness (QED) is 0.0261. The van der Waals surface area contributed by atoms with Crippen LogP contribution in [0, 0.1) is 0 Å². The van der Waals surface area contributed by atoms with E-state index in [1.807, 2.05) is 0 Å². The van der Waals surface area contributed by atoms with Gasteiger partial charge in [0, 0.05) is 19.3 Å². The highest BCUT2D eigenvalue weighted by Gasteiger charge is 2.19. The molecule has 0 heterocycles. The summed E-state index contributed by atoms with van der Waals surface area (Å²) in [5.41, 5.74) is 0. The first-order chi connectivity index (χ1) is 39.0. The van der Waals surface area contributed by atoms with Gasteiger partial charge in [-0.3, -0.25) is 14.4 Å². The summed E-state index contributed by atoms with van der Waals surface area (Å²) in [5.74, 6) is -0.937. The number of ether oxygens (including phenoxy) is 3. The van der Waals surface area contributed by atoms with Gasteiger partial charge >= 0.3 is 17.9 Å². The molecule has 0 fully saturated rings. The average Bonchev–Trinajstić information content (AvgIpc) is 3.45. The van der Waals surface area contributed by atoms with E-state index in [0.29, 0.717) is 19.3 Å². The zero-order chi connectivity index (χ0) is 57.1. The fourth-order valence-corrected chi connectivity index (χ4v) is 9.09. The molecule has 450 valence electrons. The van der Waals surface area contributed by atoms with E-state index in [9.17, 15) is 14.4 Å². The molecule has 0 aliphatic rings. The van der Waals surface area contributed by atoms with Gasteiger partial charge in [-0.05, 0) is 109 Å². The summed E-state index contributed by atoms with van der Waals surface area (Å²) < 4.78 is 16.9. The molecular formula is C73H122O6. The highest BCUT2D eigenvalue weighted by atomic mass is 16.6. The molecule has 6 nitrogen and oxygen atoms in total. The van der Waals surface area contributed by atoms with Crippen LogP contribution in [0.25, 0.3) is 0 Å². The number of unbranched alkanes of at least 4 members (excludes halogenated alkanes) is 28. The fraction of sp³-hybridized carbons (Fsp3) is 0.685. The molecule has 0 aliphatic carbocycles. The maximum Gasteiger partial charge on any atom is 0.306 e. The molecule has 0 rings (SSSR count). The molecule has 0 saturated heterocycles. The van der Waals surface area contributed by atoms with Gasteiger partial charge < -0.3 is 14.2 Å². The van der Waals surface area contributed by atoms with Crippen LogP contribution in [0.2, 0.25) is 0 Å². The molecule has 0 radical (unpaired) electrons. The molecule has 0 bridgehead atoms. The zero-order valence-electron chi connectivity index (χ0n) is 51.6. The van der Waals surface area contributed by atoms with Gasteiger partial charge in [0.25, 0.3) is 0 Å². The Labute approximate surface area is 488 Å². The summed E-state index contributed by atoms with van der Waals surface area (Å²) in [7, 11) is 0. The smallest absolute Gasteiger partial charge is 0.306 e. The predicted octanol–water partition coefficient (Wildman–Crippen LogP) is 22.8. The second kappa shape index (κ2) is 66.3. The summed E-state index contributed by atoms with van der Waals surface area (Å²) in [6, 6.07) is 0. The molecular weight excluding hydrogens is 973 g/mol. The first-order valence-corrected chi connectivity index (χ1v) is 33.0. The molecule has 1 unspecified atom stereocenters. The fourth-order valence-electron chi connectivity index (χ4n) is 9.09. The van der Waals surface area contributed by atoms with Crippen molar-refractivity contribution in [2.75, 3.05) is 13.2 Å². The van der Waals surface area contributed by atoms with Crippen LogP contribution in [0.5, 0.6) is 0 Å². The van der Waals surface area contributed by atoms with E-state index >= 15 is 0 Å². The Balaban J connectivity index is 4.39. The standard InChI is InChI=1S/C73H122O6/c1-4-7-10-13-16-19-22-25-28-30-32-33-34-35-36-37-38-39-41-42-45-48-51-54-57-60-63-66-72(75)78-69-70(68-77-71(74)65-62-59-56-53-50-47-44-27-24-21-18-15-12-9-6-3)79-73(76)67-64-61-58-55-52-49-46-43-40-31-29-26-23-20-17-14-11-8-5-2/h7,9-10,12,16,18-19,21,25,27-28,32-33,35-36,38-39,44,50,53,70H,4-6,8,11,13-15,17,20,22-24,26,29-31,34,37,40-43,45-49,51-52,54-69H2,1-3H3/b10-7-,12-9-,19-16-,21-18-,28-25-,33-32-,36-35-,39-38-,44-27-,53-50-. The lowest BCUT2D eigenvalue weighted by atomic mass is 10.0. The minimum atomic E-state index is -0.801. The number of hydrogen-bond donors (Lipinski definition) is 0. The molecule has 0 aromatic rings. The first kappa shape index (κ1) is 74.8. The lowest BCUT2D eigenvalue weighted by Gasteiger charge is -2.18. The summed E-state index contributed by atoms with van der Waals surface area (Å²) >= 11 is 0. The minimum absolute atomic E-state index is 0.0958. The Morgan fingerprint density at radius 3 is 0.797 bits per heavy atom. The van der Waals surface area contributed by atoms with Gasteiger partial charge in [-0.15, -0.1) is 0 Å². The van der Waals surface area contributed by atoms with Crippen molar-refractivity contribution in [2.24, 2.45) is 0 Å². The second-order valence-corrected chi connectivity index (χ2v) is 21.6. The SMILES string of the molecule is CC/C=C\C/C=C\C/C=C\C/C=C\C/C=C\C/C=C\CCCCCCCCCCC(=O)OCC(COC(=O)CCCC/C=C\C/C=C\C/C=C\C/C=C\CC)OC(=O)CCCCCCCCCCCCCCCCCCCCC. The first-order valence-electron chi connectivity index (χ1n) is 33.0. The molecule has 0 spiro atoms.